The molecule has 3 N–H and O–H groups in total. The first-order valence-corrected chi connectivity index (χ1v) is 8.68. The summed E-state index contributed by atoms with van der Waals surface area (Å²) in [6, 6.07) is 3.96. The Morgan fingerprint density at radius 3 is 2.80 bits per heavy atom. The van der Waals surface area contributed by atoms with E-state index in [-0.39, 0.29) is 28.1 Å². The first-order chi connectivity index (χ1) is 11.8. The number of hydrogen-bond donors (Lipinski definition) is 3. The van der Waals surface area contributed by atoms with Gasteiger partial charge in [0.25, 0.3) is 5.91 Å². The van der Waals surface area contributed by atoms with Crippen molar-refractivity contribution in [3.8, 4) is 0 Å². The minimum absolute atomic E-state index is 0.146. The van der Waals surface area contributed by atoms with Gasteiger partial charge in [-0.2, -0.15) is 5.10 Å². The van der Waals surface area contributed by atoms with Gasteiger partial charge < -0.3 is 15.2 Å². The number of nitrogens with zero attached hydrogens (tertiary/aromatic N) is 2. The Hall–Kier alpha value is -1.90. The van der Waals surface area contributed by atoms with Gasteiger partial charge >= 0.3 is 0 Å². The van der Waals surface area contributed by atoms with E-state index in [0.29, 0.717) is 17.1 Å². The molecule has 0 aliphatic heterocycles. The zero-order valence-electron chi connectivity index (χ0n) is 13.6. The van der Waals surface area contributed by atoms with Crippen LogP contribution in [0.15, 0.2) is 18.2 Å². The topological polar surface area (TPSA) is 91.8 Å². The Labute approximate surface area is 159 Å². The third-order valence-corrected chi connectivity index (χ3v) is 4.64. The molecule has 7 nitrogen and oxygen atoms in total. The van der Waals surface area contributed by atoms with Crippen LogP contribution >= 0.6 is 35.4 Å². The maximum Gasteiger partial charge on any atom is 0.253 e. The Kier molecular flexibility index (Phi) is 6.57. The molecule has 1 heterocycles. The number of nitrogens with one attached hydrogen (secondary N) is 3. The van der Waals surface area contributed by atoms with Gasteiger partial charge in [0, 0.05) is 6.54 Å². The second kappa shape index (κ2) is 8.46. The van der Waals surface area contributed by atoms with Crippen LogP contribution in [-0.2, 0) is 17.9 Å². The highest BCUT2D eigenvalue weighted by molar-refractivity contribution is 7.71. The number of halogens is 2. The maximum absolute atomic E-state index is 12.2. The first-order valence-electron chi connectivity index (χ1n) is 7.51. The normalized spacial score (nSPS) is 11.8. The van der Waals surface area contributed by atoms with Gasteiger partial charge in [-0.3, -0.25) is 14.7 Å². The summed E-state index contributed by atoms with van der Waals surface area (Å²) < 4.78 is 2.26. The molecule has 2 aromatic rings. The number of rotatable bonds is 6. The van der Waals surface area contributed by atoms with E-state index in [1.807, 2.05) is 6.92 Å². The number of aromatic nitrogens is 3. The molecule has 0 radical (unpaired) electrons. The SMILES string of the molecule is CCn1c(CNC(=O)C(C)NC(=O)c2cccc(Cl)c2Cl)n[nH]c1=S. The summed E-state index contributed by atoms with van der Waals surface area (Å²) in [5.41, 5.74) is 0.209. The van der Waals surface area contributed by atoms with Crippen molar-refractivity contribution < 1.29 is 9.59 Å². The van der Waals surface area contributed by atoms with Crippen molar-refractivity contribution in [1.82, 2.24) is 25.4 Å². The molecule has 1 unspecified atom stereocenters. The number of carbonyl (C=O) groups is 2. The van der Waals surface area contributed by atoms with Crippen molar-refractivity contribution in [1.29, 1.82) is 0 Å². The van der Waals surface area contributed by atoms with E-state index < -0.39 is 11.9 Å². The number of amides is 2. The Morgan fingerprint density at radius 1 is 1.40 bits per heavy atom. The molecule has 0 saturated carbocycles. The molecule has 0 fully saturated rings. The number of hydrogen-bond acceptors (Lipinski definition) is 4. The molecule has 0 bridgehead atoms. The number of benzene rings is 1. The van der Waals surface area contributed by atoms with E-state index in [2.05, 4.69) is 20.8 Å². The molecule has 10 heteroatoms. The first kappa shape index (κ1) is 19.4. The second-order valence-corrected chi connectivity index (χ2v) is 6.38. The van der Waals surface area contributed by atoms with Crippen LogP contribution in [0.25, 0.3) is 0 Å². The van der Waals surface area contributed by atoms with E-state index in [4.69, 9.17) is 35.4 Å². The molecule has 0 aliphatic rings. The summed E-state index contributed by atoms with van der Waals surface area (Å²) >= 11 is 17.0. The van der Waals surface area contributed by atoms with Crippen molar-refractivity contribution in [3.05, 3.63) is 44.4 Å². The summed E-state index contributed by atoms with van der Waals surface area (Å²) in [6.07, 6.45) is 0. The van der Waals surface area contributed by atoms with Crippen LogP contribution in [0.2, 0.25) is 10.0 Å². The van der Waals surface area contributed by atoms with Gasteiger partial charge in [-0.25, -0.2) is 0 Å². The number of carbonyl (C=O) groups excluding carboxylic acids is 2. The fraction of sp³-hybridized carbons (Fsp3) is 0.333. The van der Waals surface area contributed by atoms with Gasteiger partial charge in [-0.1, -0.05) is 29.3 Å². The van der Waals surface area contributed by atoms with Crippen LogP contribution in [0.3, 0.4) is 0 Å². The molecule has 1 atom stereocenters. The minimum atomic E-state index is -0.764. The van der Waals surface area contributed by atoms with Gasteiger partial charge in [0.2, 0.25) is 5.91 Å². The van der Waals surface area contributed by atoms with Crippen molar-refractivity contribution in [2.75, 3.05) is 0 Å². The third kappa shape index (κ3) is 4.59. The molecular formula is C15H17Cl2N5O2S. The monoisotopic (exact) mass is 401 g/mol. The summed E-state index contributed by atoms with van der Waals surface area (Å²) in [6.45, 7) is 4.33. The average molecular weight is 402 g/mol. The Bertz CT molecular complexity index is 849. The number of H-pyrrole nitrogens is 1. The summed E-state index contributed by atoms with van der Waals surface area (Å²) in [4.78, 5) is 24.4. The summed E-state index contributed by atoms with van der Waals surface area (Å²) in [7, 11) is 0. The zero-order valence-corrected chi connectivity index (χ0v) is 15.9. The van der Waals surface area contributed by atoms with Crippen LogP contribution in [-0.4, -0.2) is 32.6 Å². The molecule has 2 amide bonds. The van der Waals surface area contributed by atoms with Gasteiger partial charge in [-0.15, -0.1) is 0 Å². The van der Waals surface area contributed by atoms with Gasteiger partial charge in [0.05, 0.1) is 22.2 Å². The fourth-order valence-corrected chi connectivity index (χ4v) is 2.82. The predicted molar refractivity (Wildman–Crippen MR) is 98.3 cm³/mol. The molecular weight excluding hydrogens is 385 g/mol. The van der Waals surface area contributed by atoms with E-state index in [9.17, 15) is 9.59 Å². The number of aromatic amines is 1. The van der Waals surface area contributed by atoms with Crippen LogP contribution in [0.1, 0.15) is 30.0 Å². The predicted octanol–water partition coefficient (Wildman–Crippen LogP) is 2.70. The third-order valence-electron chi connectivity index (χ3n) is 3.51. The van der Waals surface area contributed by atoms with Crippen molar-refractivity contribution in [3.63, 3.8) is 0 Å². The highest BCUT2D eigenvalue weighted by atomic mass is 35.5. The second-order valence-electron chi connectivity index (χ2n) is 5.20. The lowest BCUT2D eigenvalue weighted by Crippen LogP contribution is -2.44. The molecule has 0 saturated heterocycles. The van der Waals surface area contributed by atoms with Crippen molar-refractivity contribution in [2.24, 2.45) is 0 Å². The van der Waals surface area contributed by atoms with E-state index in [1.54, 1.807) is 23.6 Å². The molecule has 1 aromatic carbocycles. The van der Waals surface area contributed by atoms with Crippen LogP contribution in [0, 0.1) is 4.77 Å². The summed E-state index contributed by atoms with van der Waals surface area (Å²) in [5.74, 6) is -0.230. The minimum Gasteiger partial charge on any atom is -0.347 e. The lowest BCUT2D eigenvalue weighted by atomic mass is 10.2. The lowest BCUT2D eigenvalue weighted by Gasteiger charge is -2.15. The largest absolute Gasteiger partial charge is 0.347 e. The lowest BCUT2D eigenvalue weighted by molar-refractivity contribution is -0.122. The van der Waals surface area contributed by atoms with E-state index >= 15 is 0 Å². The van der Waals surface area contributed by atoms with Crippen LogP contribution in [0.4, 0.5) is 0 Å². The standard InChI is InChI=1S/C15H17Cl2N5O2S/c1-3-22-11(20-21-15(22)25)7-18-13(23)8(2)19-14(24)9-5-4-6-10(16)12(9)17/h4-6,8H,3,7H2,1-2H3,(H,18,23)(H,19,24)(H,21,25). The summed E-state index contributed by atoms with van der Waals surface area (Å²) in [5, 5.41) is 12.4. The van der Waals surface area contributed by atoms with Crippen molar-refractivity contribution >= 4 is 47.2 Å². The molecule has 134 valence electrons. The van der Waals surface area contributed by atoms with Gasteiger partial charge in [-0.05, 0) is 38.2 Å². The highest BCUT2D eigenvalue weighted by Gasteiger charge is 2.19. The van der Waals surface area contributed by atoms with Crippen LogP contribution in [0.5, 0.6) is 0 Å². The van der Waals surface area contributed by atoms with Crippen molar-refractivity contribution in [2.45, 2.75) is 33.0 Å². The molecule has 25 heavy (non-hydrogen) atoms. The smallest absolute Gasteiger partial charge is 0.253 e. The molecule has 0 spiro atoms. The fourth-order valence-electron chi connectivity index (χ4n) is 2.15. The van der Waals surface area contributed by atoms with Gasteiger partial charge in [0.15, 0.2) is 10.6 Å². The Balaban J connectivity index is 1.97. The van der Waals surface area contributed by atoms with Crippen LogP contribution < -0.4 is 10.6 Å². The Morgan fingerprint density at radius 2 is 2.12 bits per heavy atom. The highest BCUT2D eigenvalue weighted by Crippen LogP contribution is 2.25. The average Bonchev–Trinajstić information content (AvgIpc) is 2.94. The molecule has 1 aromatic heterocycles. The van der Waals surface area contributed by atoms with Gasteiger partial charge in [0.1, 0.15) is 6.04 Å². The van der Waals surface area contributed by atoms with E-state index in [0.717, 1.165) is 0 Å². The molecule has 2 rings (SSSR count). The quantitative estimate of drug-likeness (QED) is 0.648. The van der Waals surface area contributed by atoms with E-state index in [1.165, 1.54) is 6.07 Å². The zero-order chi connectivity index (χ0) is 18.6. The molecule has 0 aliphatic carbocycles. The maximum atomic E-state index is 12.2.